The number of halogens is 3. The normalized spacial score (nSPS) is 22.7. The van der Waals surface area contributed by atoms with Crippen LogP contribution in [0.2, 0.25) is 0 Å². The number of hydrogen-bond donors (Lipinski definition) is 1. The quantitative estimate of drug-likeness (QED) is 0.452. The number of carbonyl (C=O) groups is 1. The molecule has 2 unspecified atom stereocenters. The van der Waals surface area contributed by atoms with E-state index < -0.39 is 23.4 Å². The van der Waals surface area contributed by atoms with E-state index in [1.54, 1.807) is 16.2 Å². The average Bonchev–Trinajstić information content (AvgIpc) is 3.39. The summed E-state index contributed by atoms with van der Waals surface area (Å²) in [5, 5.41) is 2.95. The number of nitrogens with zero attached hydrogens (tertiary/aromatic N) is 3. The fourth-order valence-corrected chi connectivity index (χ4v) is 5.00. The van der Waals surface area contributed by atoms with Gasteiger partial charge in [-0.3, -0.25) is 4.79 Å². The summed E-state index contributed by atoms with van der Waals surface area (Å²) in [4.78, 5) is 16.2. The highest BCUT2D eigenvalue weighted by Crippen LogP contribution is 2.36. The molecule has 1 N–H and O–H groups in total. The highest BCUT2D eigenvalue weighted by Gasteiger charge is 2.35. The van der Waals surface area contributed by atoms with Gasteiger partial charge in [0.2, 0.25) is 11.9 Å². The number of benzene rings is 1. The van der Waals surface area contributed by atoms with Gasteiger partial charge in [-0.15, -0.1) is 0 Å². The van der Waals surface area contributed by atoms with Crippen molar-refractivity contribution < 1.29 is 18.0 Å². The smallest absolute Gasteiger partial charge is 0.243 e. The minimum atomic E-state index is -1.17. The number of rotatable bonds is 4. The van der Waals surface area contributed by atoms with Crippen molar-refractivity contribution in [1.82, 2.24) is 14.5 Å². The molecule has 3 atom stereocenters. The molecule has 0 bridgehead atoms. The predicted molar refractivity (Wildman–Crippen MR) is 107 cm³/mol. The summed E-state index contributed by atoms with van der Waals surface area (Å²) in [5.41, 5.74) is 1.13. The van der Waals surface area contributed by atoms with Crippen LogP contribution in [0, 0.1) is 28.8 Å². The molecule has 9 heteroatoms. The lowest BCUT2D eigenvalue weighted by Crippen LogP contribution is -2.39. The molecule has 2 heterocycles. The summed E-state index contributed by atoms with van der Waals surface area (Å²) >= 11 is 5.46. The van der Waals surface area contributed by atoms with Gasteiger partial charge >= 0.3 is 0 Å². The maximum Gasteiger partial charge on any atom is 0.243 e. The van der Waals surface area contributed by atoms with Gasteiger partial charge in [-0.05, 0) is 43.6 Å². The Balaban J connectivity index is 1.58. The van der Waals surface area contributed by atoms with Crippen molar-refractivity contribution in [3.05, 3.63) is 62.7 Å². The third-order valence-corrected chi connectivity index (χ3v) is 6.73. The molecule has 1 saturated carbocycles. The fraction of sp³-hybridized carbons (Fsp3) is 0.476. The van der Waals surface area contributed by atoms with Gasteiger partial charge in [-0.25, -0.2) is 19.7 Å². The van der Waals surface area contributed by atoms with Crippen LogP contribution in [0.15, 0.2) is 12.1 Å². The van der Waals surface area contributed by atoms with E-state index in [-0.39, 0.29) is 42.9 Å². The molecule has 1 aromatic heterocycles. The second-order valence-electron chi connectivity index (χ2n) is 7.98. The van der Waals surface area contributed by atoms with Gasteiger partial charge in [0.05, 0.1) is 6.42 Å². The zero-order valence-corrected chi connectivity index (χ0v) is 17.2. The number of amides is 1. The molecule has 5 nitrogen and oxygen atoms in total. The Kier molecular flexibility index (Phi) is 5.45. The molecule has 1 aliphatic heterocycles. The molecule has 0 radical (unpaired) electrons. The molecule has 1 aromatic carbocycles. The van der Waals surface area contributed by atoms with Crippen molar-refractivity contribution in [2.45, 2.75) is 56.7 Å². The Hall–Kier alpha value is -2.60. The van der Waals surface area contributed by atoms with E-state index in [4.69, 9.17) is 18.8 Å². The molecule has 2 aliphatic rings. The molecule has 158 valence electrons. The van der Waals surface area contributed by atoms with Crippen molar-refractivity contribution in [2.75, 3.05) is 0 Å². The highest BCUT2D eigenvalue weighted by molar-refractivity contribution is 7.71. The van der Waals surface area contributed by atoms with Crippen molar-refractivity contribution in [3.8, 4) is 0 Å². The first-order chi connectivity index (χ1) is 14.3. The second-order valence-corrected chi connectivity index (χ2v) is 8.35. The molecule has 30 heavy (non-hydrogen) atoms. The molecule has 0 spiro atoms. The van der Waals surface area contributed by atoms with Gasteiger partial charge in [0.1, 0.15) is 11.9 Å². The Morgan fingerprint density at radius 3 is 2.77 bits per heavy atom. The summed E-state index contributed by atoms with van der Waals surface area (Å²) in [6.07, 6.45) is 2.80. The van der Waals surface area contributed by atoms with Crippen molar-refractivity contribution >= 4 is 18.1 Å². The van der Waals surface area contributed by atoms with Gasteiger partial charge in [0, 0.05) is 42.9 Å². The van der Waals surface area contributed by atoms with Crippen molar-refractivity contribution in [3.63, 3.8) is 0 Å². The number of hydrogen-bond acceptors (Lipinski definition) is 2. The lowest BCUT2D eigenvalue weighted by Gasteiger charge is -2.15. The Morgan fingerprint density at radius 1 is 1.30 bits per heavy atom. The predicted octanol–water partition coefficient (Wildman–Crippen LogP) is 3.81. The van der Waals surface area contributed by atoms with E-state index in [1.165, 1.54) is 0 Å². The summed E-state index contributed by atoms with van der Waals surface area (Å²) < 4.78 is 46.2. The first-order valence-electron chi connectivity index (χ1n) is 9.88. The van der Waals surface area contributed by atoms with Crippen LogP contribution in [0.4, 0.5) is 13.2 Å². The Morgan fingerprint density at radius 2 is 2.03 bits per heavy atom. The van der Waals surface area contributed by atoms with Crippen molar-refractivity contribution in [1.29, 1.82) is 0 Å². The monoisotopic (exact) mass is 434 g/mol. The number of carbonyl (C=O) groups excluding carboxylic acids is 1. The molecule has 1 fully saturated rings. The van der Waals surface area contributed by atoms with Crippen LogP contribution in [0.5, 0.6) is 0 Å². The minimum Gasteiger partial charge on any atom is -0.345 e. The summed E-state index contributed by atoms with van der Waals surface area (Å²) in [5.74, 6) is -3.85. The molecule has 2 aromatic rings. The van der Waals surface area contributed by atoms with E-state index in [0.29, 0.717) is 10.5 Å². The van der Waals surface area contributed by atoms with Gasteiger partial charge in [-0.2, -0.15) is 0 Å². The topological polar surface area (TPSA) is 43.3 Å². The molecule has 1 amide bonds. The van der Waals surface area contributed by atoms with Crippen LogP contribution in [-0.2, 0) is 31.2 Å². The lowest BCUT2D eigenvalue weighted by molar-refractivity contribution is -0.121. The Bertz CT molecular complexity index is 1120. The van der Waals surface area contributed by atoms with E-state index in [0.717, 1.165) is 37.1 Å². The van der Waals surface area contributed by atoms with Crippen LogP contribution >= 0.6 is 12.2 Å². The van der Waals surface area contributed by atoms with Gasteiger partial charge in [0.25, 0.3) is 0 Å². The molecule has 4 rings (SSSR count). The van der Waals surface area contributed by atoms with Crippen LogP contribution in [0.1, 0.15) is 42.1 Å². The summed E-state index contributed by atoms with van der Waals surface area (Å²) in [7, 11) is 1.76. The summed E-state index contributed by atoms with van der Waals surface area (Å²) in [6, 6.07) is 1.36. The SMILES string of the molecule is [C-]#[N+]C1CCCC1NC(=O)Cc1c2n(c(=S)n1C)C[C@@H](c1c(F)ccc(F)c1F)C2. The number of fused-ring (bicyclic) bond motifs is 1. The average molecular weight is 434 g/mol. The van der Waals surface area contributed by atoms with E-state index in [9.17, 15) is 18.0 Å². The number of imidazole rings is 1. The van der Waals surface area contributed by atoms with Crippen molar-refractivity contribution in [2.24, 2.45) is 7.05 Å². The fourth-order valence-electron chi connectivity index (χ4n) is 4.70. The molecular formula is C21H21F3N4OS. The zero-order valence-electron chi connectivity index (χ0n) is 16.4. The maximum atomic E-state index is 14.3. The van der Waals surface area contributed by atoms with Crippen LogP contribution in [0.25, 0.3) is 4.85 Å². The molecular weight excluding hydrogens is 413 g/mol. The summed E-state index contributed by atoms with van der Waals surface area (Å²) in [6.45, 7) is 7.48. The number of nitrogens with one attached hydrogen (secondary N) is 1. The van der Waals surface area contributed by atoms with Crippen LogP contribution in [0.3, 0.4) is 0 Å². The Labute approximate surface area is 177 Å². The first kappa shape index (κ1) is 20.7. The third-order valence-electron chi connectivity index (χ3n) is 6.23. The first-order valence-corrected chi connectivity index (χ1v) is 10.3. The largest absolute Gasteiger partial charge is 0.345 e. The third kappa shape index (κ3) is 3.43. The molecule has 0 saturated heterocycles. The molecule has 1 aliphatic carbocycles. The number of aromatic nitrogens is 2. The van der Waals surface area contributed by atoms with Gasteiger partial charge in [-0.1, -0.05) is 0 Å². The van der Waals surface area contributed by atoms with Gasteiger partial charge < -0.3 is 19.3 Å². The maximum absolute atomic E-state index is 14.3. The van der Waals surface area contributed by atoms with Gasteiger partial charge in [0.15, 0.2) is 16.4 Å². The standard InChI is InChI=1S/C21H21F3N4OS/c1-25-14-4-3-5-15(14)26-18(29)9-16-17-8-11(10-28(17)21(30)27(16)2)19-12(22)6-7-13(23)20(19)24/h6-7,11,14-15H,3-5,8-10H2,2H3,(H,26,29)/t11-,14?,15?/m0/s1. The van der Waals surface area contributed by atoms with E-state index in [1.807, 2.05) is 0 Å². The minimum absolute atomic E-state index is 0.0600. The zero-order chi connectivity index (χ0) is 21.6. The second kappa shape index (κ2) is 7.91. The van der Waals surface area contributed by atoms with E-state index >= 15 is 0 Å². The van der Waals surface area contributed by atoms with E-state index in [2.05, 4.69) is 10.2 Å². The lowest BCUT2D eigenvalue weighted by atomic mass is 9.95. The highest BCUT2D eigenvalue weighted by atomic mass is 32.1. The van der Waals surface area contributed by atoms with Crippen LogP contribution < -0.4 is 5.32 Å². The van der Waals surface area contributed by atoms with Crippen LogP contribution in [-0.4, -0.2) is 27.1 Å².